The van der Waals surface area contributed by atoms with Crippen LogP contribution in [0.25, 0.3) is 0 Å². The van der Waals surface area contributed by atoms with Gasteiger partial charge in [0.2, 0.25) is 0 Å². The molecule has 1 saturated heterocycles. The van der Waals surface area contributed by atoms with Crippen molar-refractivity contribution in [2.75, 3.05) is 26.2 Å². The number of imidazole rings is 1. The molecule has 0 spiro atoms. The van der Waals surface area contributed by atoms with E-state index in [1.165, 1.54) is 37.6 Å². The lowest BCUT2D eigenvalue weighted by atomic mass is 9.99. The monoisotopic (exact) mass is 263 g/mol. The predicted octanol–water partition coefficient (Wildman–Crippen LogP) is 1.32. The molecular formula is C15H25N3O. The SMILES string of the molecule is CCN1CCC(Cc2cn3c(n2)CC(CO)CC3)C1. The summed E-state index contributed by atoms with van der Waals surface area (Å²) in [5.41, 5.74) is 1.26. The average Bonchev–Trinajstić information content (AvgIpc) is 3.03. The highest BCUT2D eigenvalue weighted by molar-refractivity contribution is 5.08. The Hall–Kier alpha value is -0.870. The van der Waals surface area contributed by atoms with Crippen LogP contribution in [-0.2, 0) is 19.4 Å². The number of aryl methyl sites for hydroxylation is 1. The van der Waals surface area contributed by atoms with E-state index in [9.17, 15) is 5.11 Å². The molecule has 1 fully saturated rings. The largest absolute Gasteiger partial charge is 0.396 e. The van der Waals surface area contributed by atoms with Crippen molar-refractivity contribution in [2.24, 2.45) is 11.8 Å². The van der Waals surface area contributed by atoms with E-state index < -0.39 is 0 Å². The molecule has 4 nitrogen and oxygen atoms in total. The van der Waals surface area contributed by atoms with Crippen LogP contribution in [0.15, 0.2) is 6.20 Å². The van der Waals surface area contributed by atoms with Crippen LogP contribution in [0, 0.1) is 11.8 Å². The average molecular weight is 263 g/mol. The Morgan fingerprint density at radius 2 is 2.16 bits per heavy atom. The third-order valence-corrected chi connectivity index (χ3v) is 4.73. The maximum Gasteiger partial charge on any atom is 0.109 e. The number of hydrogen-bond acceptors (Lipinski definition) is 3. The van der Waals surface area contributed by atoms with Crippen molar-refractivity contribution in [1.29, 1.82) is 0 Å². The lowest BCUT2D eigenvalue weighted by Gasteiger charge is -2.20. The van der Waals surface area contributed by atoms with Gasteiger partial charge in [-0.05, 0) is 44.2 Å². The standard InChI is InChI=1S/C15H25N3O/c1-2-17-5-3-12(9-17)7-14-10-18-6-4-13(11-19)8-15(18)16-14/h10,12-13,19H,2-9,11H2,1H3. The molecule has 2 unspecified atom stereocenters. The molecule has 0 saturated carbocycles. The molecule has 0 bridgehead atoms. The Kier molecular flexibility index (Phi) is 3.89. The number of likely N-dealkylation sites (tertiary alicyclic amines) is 1. The van der Waals surface area contributed by atoms with E-state index >= 15 is 0 Å². The zero-order valence-electron chi connectivity index (χ0n) is 11.9. The van der Waals surface area contributed by atoms with Crippen molar-refractivity contribution in [1.82, 2.24) is 14.5 Å². The van der Waals surface area contributed by atoms with Gasteiger partial charge in [0.25, 0.3) is 0 Å². The summed E-state index contributed by atoms with van der Waals surface area (Å²) in [4.78, 5) is 7.33. The molecule has 2 atom stereocenters. The highest BCUT2D eigenvalue weighted by Gasteiger charge is 2.24. The third-order valence-electron chi connectivity index (χ3n) is 4.73. The van der Waals surface area contributed by atoms with Gasteiger partial charge in [-0.15, -0.1) is 0 Å². The Morgan fingerprint density at radius 3 is 2.89 bits per heavy atom. The maximum absolute atomic E-state index is 9.27. The number of aliphatic hydroxyl groups is 1. The van der Waals surface area contributed by atoms with Crippen molar-refractivity contribution in [3.8, 4) is 0 Å². The quantitative estimate of drug-likeness (QED) is 0.891. The van der Waals surface area contributed by atoms with E-state index in [-0.39, 0.29) is 0 Å². The first-order valence-corrected chi connectivity index (χ1v) is 7.66. The lowest BCUT2D eigenvalue weighted by Crippen LogP contribution is -2.21. The van der Waals surface area contributed by atoms with Crippen molar-refractivity contribution < 1.29 is 5.11 Å². The first-order valence-electron chi connectivity index (χ1n) is 7.66. The molecule has 106 valence electrons. The van der Waals surface area contributed by atoms with E-state index in [1.54, 1.807) is 0 Å². The Morgan fingerprint density at radius 1 is 1.32 bits per heavy atom. The first-order chi connectivity index (χ1) is 9.28. The van der Waals surface area contributed by atoms with Crippen molar-refractivity contribution >= 4 is 0 Å². The van der Waals surface area contributed by atoms with Gasteiger partial charge < -0.3 is 14.6 Å². The van der Waals surface area contributed by atoms with Gasteiger partial charge in [-0.2, -0.15) is 0 Å². The van der Waals surface area contributed by atoms with Gasteiger partial charge in [-0.25, -0.2) is 4.98 Å². The molecule has 0 aromatic carbocycles. The fraction of sp³-hybridized carbons (Fsp3) is 0.800. The molecule has 4 heteroatoms. The van der Waals surface area contributed by atoms with Gasteiger partial charge in [-0.1, -0.05) is 6.92 Å². The third kappa shape index (κ3) is 2.84. The minimum absolute atomic E-state index is 0.302. The summed E-state index contributed by atoms with van der Waals surface area (Å²) in [5, 5.41) is 9.27. The van der Waals surface area contributed by atoms with Gasteiger partial charge in [0.1, 0.15) is 5.82 Å². The molecular weight excluding hydrogens is 238 g/mol. The Bertz CT molecular complexity index is 429. The van der Waals surface area contributed by atoms with Crippen molar-refractivity contribution in [3.05, 3.63) is 17.7 Å². The summed E-state index contributed by atoms with van der Waals surface area (Å²) >= 11 is 0. The molecule has 0 amide bonds. The number of aromatic nitrogens is 2. The molecule has 3 heterocycles. The summed E-state index contributed by atoms with van der Waals surface area (Å²) in [6.45, 7) is 7.23. The van der Waals surface area contributed by atoms with E-state index in [0.717, 1.165) is 31.7 Å². The van der Waals surface area contributed by atoms with Crippen LogP contribution in [0.5, 0.6) is 0 Å². The van der Waals surface area contributed by atoms with Crippen LogP contribution in [-0.4, -0.2) is 45.8 Å². The Balaban J connectivity index is 1.62. The summed E-state index contributed by atoms with van der Waals surface area (Å²) in [5.74, 6) is 2.39. The minimum atomic E-state index is 0.302. The normalized spacial score (nSPS) is 27.7. The molecule has 2 aliphatic rings. The highest BCUT2D eigenvalue weighted by Crippen LogP contribution is 2.23. The van der Waals surface area contributed by atoms with Crippen molar-refractivity contribution in [3.63, 3.8) is 0 Å². The van der Waals surface area contributed by atoms with E-state index in [2.05, 4.69) is 22.6 Å². The van der Waals surface area contributed by atoms with Gasteiger partial charge >= 0.3 is 0 Å². The van der Waals surface area contributed by atoms with Crippen LogP contribution in [0.2, 0.25) is 0 Å². The summed E-state index contributed by atoms with van der Waals surface area (Å²) in [6, 6.07) is 0. The molecule has 19 heavy (non-hydrogen) atoms. The zero-order valence-corrected chi connectivity index (χ0v) is 11.9. The zero-order chi connectivity index (χ0) is 13.2. The fourth-order valence-electron chi connectivity index (χ4n) is 3.47. The van der Waals surface area contributed by atoms with Crippen molar-refractivity contribution in [2.45, 2.75) is 39.2 Å². The van der Waals surface area contributed by atoms with Gasteiger partial charge in [-0.3, -0.25) is 0 Å². The highest BCUT2D eigenvalue weighted by atomic mass is 16.3. The fourth-order valence-corrected chi connectivity index (χ4v) is 3.47. The van der Waals surface area contributed by atoms with Crippen LogP contribution in [0.4, 0.5) is 0 Å². The van der Waals surface area contributed by atoms with Crippen LogP contribution >= 0.6 is 0 Å². The van der Waals surface area contributed by atoms with Gasteiger partial charge in [0, 0.05) is 32.3 Å². The van der Waals surface area contributed by atoms with E-state index in [4.69, 9.17) is 4.98 Å². The first kappa shape index (κ1) is 13.1. The number of rotatable bonds is 4. The van der Waals surface area contributed by atoms with Crippen LogP contribution < -0.4 is 0 Å². The second-order valence-corrected chi connectivity index (χ2v) is 6.14. The van der Waals surface area contributed by atoms with E-state index in [1.807, 2.05) is 0 Å². The number of nitrogens with zero attached hydrogens (tertiary/aromatic N) is 3. The molecule has 0 aliphatic carbocycles. The predicted molar refractivity (Wildman–Crippen MR) is 75.0 cm³/mol. The summed E-state index contributed by atoms with van der Waals surface area (Å²) in [6.07, 6.45) is 6.72. The second kappa shape index (κ2) is 5.63. The number of aliphatic hydroxyl groups excluding tert-OH is 1. The van der Waals surface area contributed by atoms with Gasteiger partial charge in [0.15, 0.2) is 0 Å². The lowest BCUT2D eigenvalue weighted by molar-refractivity contribution is 0.199. The summed E-state index contributed by atoms with van der Waals surface area (Å²) in [7, 11) is 0. The molecule has 3 rings (SSSR count). The molecule has 2 aliphatic heterocycles. The maximum atomic E-state index is 9.27. The summed E-state index contributed by atoms with van der Waals surface area (Å²) < 4.78 is 2.30. The topological polar surface area (TPSA) is 41.3 Å². The number of hydrogen-bond donors (Lipinski definition) is 1. The van der Waals surface area contributed by atoms with E-state index in [0.29, 0.717) is 12.5 Å². The molecule has 1 aromatic heterocycles. The smallest absolute Gasteiger partial charge is 0.109 e. The molecule has 0 radical (unpaired) electrons. The molecule has 1 aromatic rings. The molecule has 1 N–H and O–H groups in total. The number of fused-ring (bicyclic) bond motifs is 1. The van der Waals surface area contributed by atoms with Crippen LogP contribution in [0.3, 0.4) is 0 Å². The minimum Gasteiger partial charge on any atom is -0.396 e. The Labute approximate surface area is 115 Å². The van der Waals surface area contributed by atoms with Crippen LogP contribution in [0.1, 0.15) is 31.3 Å². The van der Waals surface area contributed by atoms with Gasteiger partial charge in [0.05, 0.1) is 5.69 Å². The second-order valence-electron chi connectivity index (χ2n) is 6.14.